The summed E-state index contributed by atoms with van der Waals surface area (Å²) in [5, 5.41) is 17.8. The zero-order valence-corrected chi connectivity index (χ0v) is 17.6. The second-order valence-corrected chi connectivity index (χ2v) is 7.79. The number of nitrogens with zero attached hydrogens (tertiary/aromatic N) is 3. The number of pyridine rings is 1. The Hall–Kier alpha value is -3.92. The molecule has 0 spiro atoms. The molecule has 1 aliphatic rings. The first-order chi connectivity index (χ1) is 15.7. The maximum Gasteiger partial charge on any atom is 0.257 e. The molecule has 5 rings (SSSR count). The van der Waals surface area contributed by atoms with Crippen molar-refractivity contribution in [1.29, 1.82) is 0 Å². The van der Waals surface area contributed by atoms with E-state index in [-0.39, 0.29) is 5.91 Å². The summed E-state index contributed by atoms with van der Waals surface area (Å²) in [7, 11) is 0. The lowest BCUT2D eigenvalue weighted by Crippen LogP contribution is -2.38. The number of carbonyl (C=O) groups is 1. The molecule has 10 nitrogen and oxygen atoms in total. The number of ether oxygens (including phenoxy) is 1. The molecule has 1 atom stereocenters. The van der Waals surface area contributed by atoms with E-state index in [1.54, 1.807) is 36.7 Å². The van der Waals surface area contributed by atoms with E-state index >= 15 is 0 Å². The highest BCUT2D eigenvalue weighted by Gasteiger charge is 2.18. The number of anilines is 2. The zero-order chi connectivity index (χ0) is 21.9. The smallest absolute Gasteiger partial charge is 0.257 e. The maximum absolute atomic E-state index is 12.4. The molecule has 32 heavy (non-hydrogen) atoms. The second-order valence-electron chi connectivity index (χ2n) is 7.79. The van der Waals surface area contributed by atoms with Gasteiger partial charge in [0.15, 0.2) is 11.5 Å². The molecule has 0 bridgehead atoms. The highest BCUT2D eigenvalue weighted by molar-refractivity contribution is 6.03. The van der Waals surface area contributed by atoms with Crippen LogP contribution in [0.15, 0.2) is 42.7 Å². The number of fused-ring (bicyclic) bond motifs is 1. The minimum atomic E-state index is -0.250. The van der Waals surface area contributed by atoms with Crippen LogP contribution in [0.1, 0.15) is 28.9 Å². The second kappa shape index (κ2) is 8.67. The molecule has 3 aromatic heterocycles. The molecule has 1 unspecified atom stereocenters. The molecule has 1 amide bonds. The van der Waals surface area contributed by atoms with Crippen LogP contribution in [0.3, 0.4) is 0 Å². The monoisotopic (exact) mass is 432 g/mol. The Kier molecular flexibility index (Phi) is 5.42. The fourth-order valence-corrected chi connectivity index (χ4v) is 3.74. The molecule has 5 N–H and O–H groups in total. The van der Waals surface area contributed by atoms with E-state index in [1.807, 2.05) is 13.0 Å². The number of carbonyl (C=O) groups excluding carboxylic acids is 1. The third-order valence-electron chi connectivity index (χ3n) is 5.34. The number of piperidine rings is 1. The Labute approximate surface area is 184 Å². The number of amides is 1. The first kappa shape index (κ1) is 20.0. The lowest BCUT2D eigenvalue weighted by molar-refractivity contribution is 0.102. The molecule has 4 aromatic rings. The first-order valence-corrected chi connectivity index (χ1v) is 10.6. The summed E-state index contributed by atoms with van der Waals surface area (Å²) >= 11 is 0. The van der Waals surface area contributed by atoms with Gasteiger partial charge < -0.3 is 20.4 Å². The van der Waals surface area contributed by atoms with Crippen molar-refractivity contribution in [2.24, 2.45) is 0 Å². The maximum atomic E-state index is 12.4. The van der Waals surface area contributed by atoms with Gasteiger partial charge in [0.1, 0.15) is 16.9 Å². The van der Waals surface area contributed by atoms with E-state index in [2.05, 4.69) is 41.1 Å². The van der Waals surface area contributed by atoms with Crippen LogP contribution >= 0.6 is 0 Å². The van der Waals surface area contributed by atoms with Gasteiger partial charge in [-0.1, -0.05) is 0 Å². The number of H-pyrrole nitrogens is 2. The fourth-order valence-electron chi connectivity index (χ4n) is 3.74. The fraction of sp³-hybridized carbons (Fsp3) is 0.273. The Balaban J connectivity index is 1.32. The molecule has 0 radical (unpaired) electrons. The van der Waals surface area contributed by atoms with E-state index < -0.39 is 0 Å². The Morgan fingerprint density at radius 2 is 2.06 bits per heavy atom. The Morgan fingerprint density at radius 1 is 1.19 bits per heavy atom. The van der Waals surface area contributed by atoms with Gasteiger partial charge in [0.25, 0.3) is 5.91 Å². The highest BCUT2D eigenvalue weighted by Crippen LogP contribution is 2.33. The number of hydrogen-bond donors (Lipinski definition) is 5. The molecule has 4 heterocycles. The molecule has 0 aliphatic carbocycles. The highest BCUT2D eigenvalue weighted by atomic mass is 16.5. The molecule has 164 valence electrons. The third-order valence-corrected chi connectivity index (χ3v) is 5.34. The summed E-state index contributed by atoms with van der Waals surface area (Å²) < 4.78 is 6.13. The lowest BCUT2D eigenvalue weighted by Gasteiger charge is -2.23. The van der Waals surface area contributed by atoms with Crippen molar-refractivity contribution >= 4 is 28.7 Å². The average molecular weight is 432 g/mol. The van der Waals surface area contributed by atoms with Crippen molar-refractivity contribution in [1.82, 2.24) is 30.5 Å². The van der Waals surface area contributed by atoms with Gasteiger partial charge in [-0.05, 0) is 50.6 Å². The van der Waals surface area contributed by atoms with Gasteiger partial charge in [0.2, 0.25) is 5.95 Å². The minimum Gasteiger partial charge on any atom is -0.456 e. The van der Waals surface area contributed by atoms with Crippen LogP contribution in [0.2, 0.25) is 0 Å². The van der Waals surface area contributed by atoms with Crippen LogP contribution in [0, 0.1) is 6.92 Å². The number of imidazole rings is 1. The number of hydrogen-bond acceptors (Lipinski definition) is 7. The quantitative estimate of drug-likeness (QED) is 0.316. The van der Waals surface area contributed by atoms with Crippen molar-refractivity contribution in [2.45, 2.75) is 25.8 Å². The minimum absolute atomic E-state index is 0.250. The van der Waals surface area contributed by atoms with Gasteiger partial charge in [-0.2, -0.15) is 5.10 Å². The first-order valence-electron chi connectivity index (χ1n) is 10.6. The van der Waals surface area contributed by atoms with Gasteiger partial charge in [-0.15, -0.1) is 0 Å². The van der Waals surface area contributed by atoms with Crippen LogP contribution in [-0.4, -0.2) is 50.2 Å². The van der Waals surface area contributed by atoms with Crippen LogP contribution < -0.4 is 20.7 Å². The van der Waals surface area contributed by atoms with Gasteiger partial charge in [0.05, 0.1) is 0 Å². The normalized spacial score (nSPS) is 16.1. The van der Waals surface area contributed by atoms with E-state index in [1.165, 1.54) is 0 Å². The molecular formula is C22H24N8O2. The molecule has 1 aliphatic heterocycles. The summed E-state index contributed by atoms with van der Waals surface area (Å²) in [5.74, 6) is 2.13. The molecular weight excluding hydrogens is 408 g/mol. The number of rotatable bonds is 6. The molecule has 10 heteroatoms. The number of nitrogens with one attached hydrogen (secondary N) is 5. The summed E-state index contributed by atoms with van der Waals surface area (Å²) in [5.41, 5.74) is 2.03. The zero-order valence-electron chi connectivity index (χ0n) is 17.6. The van der Waals surface area contributed by atoms with Crippen LogP contribution in [0.25, 0.3) is 11.0 Å². The Bertz CT molecular complexity index is 1220. The number of aromatic amines is 2. The predicted molar refractivity (Wildman–Crippen MR) is 121 cm³/mol. The van der Waals surface area contributed by atoms with Crippen molar-refractivity contribution in [3.05, 3.63) is 54.0 Å². The molecule has 1 aromatic carbocycles. The molecule has 1 saturated heterocycles. The SMILES string of the molecule is Cc1cnc(NC(=O)c2ccc(Oc3ccnc4[nH]nc(NC5CCCNC5)c34)cc2)[nH]1. The van der Waals surface area contributed by atoms with Crippen LogP contribution in [0.5, 0.6) is 11.5 Å². The third kappa shape index (κ3) is 4.26. The largest absolute Gasteiger partial charge is 0.456 e. The summed E-state index contributed by atoms with van der Waals surface area (Å²) in [6.07, 6.45) is 5.54. The van der Waals surface area contributed by atoms with Crippen molar-refractivity contribution in [3.8, 4) is 11.5 Å². The van der Waals surface area contributed by atoms with E-state index in [4.69, 9.17) is 4.74 Å². The summed E-state index contributed by atoms with van der Waals surface area (Å²) in [6, 6.07) is 9.04. The van der Waals surface area contributed by atoms with Gasteiger partial charge in [-0.3, -0.25) is 15.2 Å². The van der Waals surface area contributed by atoms with E-state index in [9.17, 15) is 4.79 Å². The van der Waals surface area contributed by atoms with Gasteiger partial charge in [0, 0.05) is 42.3 Å². The van der Waals surface area contributed by atoms with E-state index in [0.717, 1.165) is 42.8 Å². The summed E-state index contributed by atoms with van der Waals surface area (Å²) in [4.78, 5) is 23.9. The van der Waals surface area contributed by atoms with Crippen molar-refractivity contribution in [3.63, 3.8) is 0 Å². The standard InChI is InChI=1S/C22H24N8O2/c1-13-11-25-22(26-13)28-21(31)14-4-6-16(7-5-14)32-17-8-10-24-19-18(17)20(30-29-19)27-15-3-2-9-23-12-15/h4-8,10-11,15,23H,2-3,9,12H2,1H3,(H2,24,27,29,30)(H2,25,26,28,31). The van der Waals surface area contributed by atoms with Crippen molar-refractivity contribution < 1.29 is 9.53 Å². The number of benzene rings is 1. The predicted octanol–water partition coefficient (Wildman–Crippen LogP) is 3.20. The van der Waals surface area contributed by atoms with E-state index in [0.29, 0.717) is 34.7 Å². The molecule has 1 fully saturated rings. The molecule has 0 saturated carbocycles. The summed E-state index contributed by atoms with van der Waals surface area (Å²) in [6.45, 7) is 3.81. The lowest BCUT2D eigenvalue weighted by atomic mass is 10.1. The van der Waals surface area contributed by atoms with Gasteiger partial charge in [-0.25, -0.2) is 9.97 Å². The average Bonchev–Trinajstić information content (AvgIpc) is 3.41. The number of aromatic nitrogens is 5. The topological polar surface area (TPSA) is 133 Å². The number of aryl methyl sites for hydroxylation is 1. The van der Waals surface area contributed by atoms with Crippen molar-refractivity contribution in [2.75, 3.05) is 23.7 Å². The Morgan fingerprint density at radius 3 is 2.81 bits per heavy atom. The van der Waals surface area contributed by atoms with Crippen LogP contribution in [0.4, 0.5) is 11.8 Å². The van der Waals surface area contributed by atoms with Crippen LogP contribution in [-0.2, 0) is 0 Å². The van der Waals surface area contributed by atoms with Gasteiger partial charge >= 0.3 is 0 Å².